The van der Waals surface area contributed by atoms with Crippen molar-refractivity contribution in [3.05, 3.63) is 29.3 Å². The second-order valence-corrected chi connectivity index (χ2v) is 9.25. The van der Waals surface area contributed by atoms with Crippen LogP contribution in [0.4, 0.5) is 0 Å². The molecule has 24 heavy (non-hydrogen) atoms. The number of piperazine rings is 1. The van der Waals surface area contributed by atoms with Gasteiger partial charge in [0.25, 0.3) is 0 Å². The van der Waals surface area contributed by atoms with E-state index < -0.39 is 15.6 Å². The van der Waals surface area contributed by atoms with Crippen LogP contribution < -0.4 is 4.90 Å². The highest BCUT2D eigenvalue weighted by Gasteiger charge is 2.32. The van der Waals surface area contributed by atoms with Gasteiger partial charge < -0.3 is 9.64 Å². The van der Waals surface area contributed by atoms with Gasteiger partial charge in [-0.1, -0.05) is 17.7 Å². The molecule has 1 aliphatic heterocycles. The van der Waals surface area contributed by atoms with E-state index in [1.165, 1.54) is 10.4 Å². The zero-order chi connectivity index (χ0) is 18.0. The van der Waals surface area contributed by atoms with Crippen LogP contribution >= 0.6 is 11.6 Å². The average molecular weight is 376 g/mol. The molecule has 0 saturated carbocycles. The summed E-state index contributed by atoms with van der Waals surface area (Å²) in [5.74, 6) is -0.261. The maximum absolute atomic E-state index is 12.6. The molecule has 6 nitrogen and oxygen atoms in total. The Morgan fingerprint density at radius 2 is 1.92 bits per heavy atom. The fourth-order valence-corrected chi connectivity index (χ4v) is 4.32. The summed E-state index contributed by atoms with van der Waals surface area (Å²) in [6, 6.07) is 6.26. The summed E-state index contributed by atoms with van der Waals surface area (Å²) in [6.45, 7) is 7.61. The number of rotatable bonds is 4. The van der Waals surface area contributed by atoms with Gasteiger partial charge >= 0.3 is 5.97 Å². The van der Waals surface area contributed by atoms with Crippen LogP contribution in [0.1, 0.15) is 20.8 Å². The molecular weight excluding hydrogens is 352 g/mol. The third-order valence-electron chi connectivity index (χ3n) is 3.68. The molecule has 1 saturated heterocycles. The number of halogens is 1. The molecule has 0 unspecified atom stereocenters. The second-order valence-electron chi connectivity index (χ2n) is 6.87. The first-order valence-corrected chi connectivity index (χ1v) is 9.71. The molecule has 1 N–H and O–H groups in total. The van der Waals surface area contributed by atoms with Crippen molar-refractivity contribution in [3.63, 3.8) is 0 Å². The Bertz CT molecular complexity index is 692. The van der Waals surface area contributed by atoms with E-state index in [0.717, 1.165) is 4.90 Å². The number of carbonyl (C=O) groups excluding carboxylic acids is 1. The molecule has 2 rings (SSSR count). The molecule has 8 heteroatoms. The lowest BCUT2D eigenvalue weighted by molar-refractivity contribution is -0.896. The summed E-state index contributed by atoms with van der Waals surface area (Å²) < 4.78 is 32.0. The van der Waals surface area contributed by atoms with Gasteiger partial charge in [-0.2, -0.15) is 4.31 Å². The molecule has 1 aromatic rings. The summed E-state index contributed by atoms with van der Waals surface area (Å²) >= 11 is 5.88. The Balaban J connectivity index is 1.94. The lowest BCUT2D eigenvalue weighted by atomic mass is 10.2. The van der Waals surface area contributed by atoms with E-state index >= 15 is 0 Å². The van der Waals surface area contributed by atoms with Gasteiger partial charge in [0, 0.05) is 5.02 Å². The Morgan fingerprint density at radius 3 is 2.46 bits per heavy atom. The largest absolute Gasteiger partial charge is 0.456 e. The van der Waals surface area contributed by atoms with Gasteiger partial charge in [-0.15, -0.1) is 0 Å². The summed E-state index contributed by atoms with van der Waals surface area (Å²) in [4.78, 5) is 13.1. The predicted molar refractivity (Wildman–Crippen MR) is 91.6 cm³/mol. The molecule has 0 bridgehead atoms. The number of ether oxygens (including phenoxy) is 1. The number of nitrogens with zero attached hydrogens (tertiary/aromatic N) is 1. The zero-order valence-corrected chi connectivity index (χ0v) is 15.8. The Labute approximate surface area is 148 Å². The summed E-state index contributed by atoms with van der Waals surface area (Å²) in [5, 5.41) is 0.394. The smallest absolute Gasteiger partial charge is 0.362 e. The monoisotopic (exact) mass is 375 g/mol. The van der Waals surface area contributed by atoms with Gasteiger partial charge in [-0.25, -0.2) is 13.2 Å². The van der Waals surface area contributed by atoms with E-state index in [1.54, 1.807) is 18.2 Å². The quantitative estimate of drug-likeness (QED) is 0.781. The van der Waals surface area contributed by atoms with Crippen molar-refractivity contribution in [2.75, 3.05) is 32.7 Å². The van der Waals surface area contributed by atoms with Crippen LogP contribution in [-0.4, -0.2) is 57.0 Å². The first kappa shape index (κ1) is 19.2. The predicted octanol–water partition coefficient (Wildman–Crippen LogP) is 0.571. The average Bonchev–Trinajstić information content (AvgIpc) is 2.45. The summed E-state index contributed by atoms with van der Waals surface area (Å²) in [5.41, 5.74) is -0.506. The maximum Gasteiger partial charge on any atom is 0.362 e. The number of benzene rings is 1. The first-order chi connectivity index (χ1) is 11.1. The van der Waals surface area contributed by atoms with E-state index in [4.69, 9.17) is 16.3 Å². The number of hydrogen-bond acceptors (Lipinski definition) is 4. The van der Waals surface area contributed by atoms with Gasteiger partial charge in [0.1, 0.15) is 5.60 Å². The van der Waals surface area contributed by atoms with Crippen LogP contribution in [0.25, 0.3) is 0 Å². The molecule has 1 aliphatic rings. The maximum atomic E-state index is 12.6. The fourth-order valence-electron chi connectivity index (χ4n) is 2.58. The standard InChI is InChI=1S/C16H23ClN2O4S/c1-16(2,3)23-15(20)12-18-7-9-19(10-8-18)24(21,22)14-6-4-5-13(17)11-14/h4-6,11H,7-10,12H2,1-3H3/p+1. The molecule has 0 radical (unpaired) electrons. The van der Waals surface area contributed by atoms with E-state index in [1.807, 2.05) is 20.8 Å². The Hall–Kier alpha value is -1.15. The van der Waals surface area contributed by atoms with Crippen molar-refractivity contribution in [1.29, 1.82) is 0 Å². The van der Waals surface area contributed by atoms with Gasteiger partial charge in [0.15, 0.2) is 6.54 Å². The van der Waals surface area contributed by atoms with E-state index in [-0.39, 0.29) is 17.4 Å². The molecule has 0 amide bonds. The molecule has 1 fully saturated rings. The second kappa shape index (κ2) is 7.39. The molecular formula is C16H24ClN2O4S+. The first-order valence-electron chi connectivity index (χ1n) is 7.89. The van der Waals surface area contributed by atoms with Crippen molar-refractivity contribution in [2.45, 2.75) is 31.3 Å². The van der Waals surface area contributed by atoms with E-state index in [0.29, 0.717) is 31.2 Å². The number of carbonyl (C=O) groups is 1. The number of quaternary nitrogens is 1. The number of sulfonamides is 1. The Kier molecular flexibility index (Phi) is 5.91. The third kappa shape index (κ3) is 5.17. The van der Waals surface area contributed by atoms with E-state index in [9.17, 15) is 13.2 Å². The van der Waals surface area contributed by atoms with Crippen LogP contribution in [0.2, 0.25) is 5.02 Å². The Morgan fingerprint density at radius 1 is 1.29 bits per heavy atom. The lowest BCUT2D eigenvalue weighted by Gasteiger charge is -2.31. The van der Waals surface area contributed by atoms with Gasteiger partial charge in [0.05, 0.1) is 31.1 Å². The van der Waals surface area contributed by atoms with Crippen molar-refractivity contribution >= 4 is 27.6 Å². The van der Waals surface area contributed by atoms with Crippen LogP contribution in [0, 0.1) is 0 Å². The lowest BCUT2D eigenvalue weighted by Crippen LogP contribution is -3.15. The molecule has 0 spiro atoms. The summed E-state index contributed by atoms with van der Waals surface area (Å²) in [7, 11) is -3.55. The molecule has 0 atom stereocenters. The highest BCUT2D eigenvalue weighted by molar-refractivity contribution is 7.89. The molecule has 134 valence electrons. The highest BCUT2D eigenvalue weighted by atomic mass is 35.5. The molecule has 1 aromatic carbocycles. The van der Waals surface area contributed by atoms with Crippen LogP contribution in [-0.2, 0) is 19.6 Å². The number of nitrogens with one attached hydrogen (secondary N) is 1. The normalized spacial score (nSPS) is 17.7. The fraction of sp³-hybridized carbons (Fsp3) is 0.562. The number of esters is 1. The minimum absolute atomic E-state index is 0.200. The van der Waals surface area contributed by atoms with Crippen LogP contribution in [0.5, 0.6) is 0 Å². The SMILES string of the molecule is CC(C)(C)OC(=O)C[NH+]1CCN(S(=O)(=O)c2cccc(Cl)c2)CC1. The molecule has 0 aliphatic carbocycles. The van der Waals surface area contributed by atoms with Gasteiger partial charge in [-0.05, 0) is 39.0 Å². The third-order valence-corrected chi connectivity index (χ3v) is 5.81. The van der Waals surface area contributed by atoms with E-state index in [2.05, 4.69) is 0 Å². The van der Waals surface area contributed by atoms with Crippen LogP contribution in [0.15, 0.2) is 29.2 Å². The number of hydrogen-bond donors (Lipinski definition) is 1. The minimum Gasteiger partial charge on any atom is -0.456 e. The van der Waals surface area contributed by atoms with Crippen molar-refractivity contribution in [1.82, 2.24) is 4.31 Å². The van der Waals surface area contributed by atoms with Crippen molar-refractivity contribution < 1.29 is 22.8 Å². The van der Waals surface area contributed by atoms with Crippen LogP contribution in [0.3, 0.4) is 0 Å². The van der Waals surface area contributed by atoms with Gasteiger partial charge in [-0.3, -0.25) is 0 Å². The van der Waals surface area contributed by atoms with Crippen molar-refractivity contribution in [3.8, 4) is 0 Å². The minimum atomic E-state index is -3.55. The van der Waals surface area contributed by atoms with Crippen molar-refractivity contribution in [2.24, 2.45) is 0 Å². The van der Waals surface area contributed by atoms with Gasteiger partial charge in [0.2, 0.25) is 10.0 Å². The summed E-state index contributed by atoms with van der Waals surface area (Å²) in [6.07, 6.45) is 0. The molecule has 1 heterocycles. The zero-order valence-electron chi connectivity index (χ0n) is 14.2. The molecule has 0 aromatic heterocycles. The highest BCUT2D eigenvalue weighted by Crippen LogP contribution is 2.19. The topological polar surface area (TPSA) is 68.1 Å².